The van der Waals surface area contributed by atoms with E-state index in [0.717, 1.165) is 4.47 Å². The Morgan fingerprint density at radius 2 is 2.30 bits per heavy atom. The van der Waals surface area contributed by atoms with E-state index in [1.54, 1.807) is 43.5 Å². The van der Waals surface area contributed by atoms with E-state index >= 15 is 0 Å². The molecular weight excluding hydrogens is 346 g/mol. The molecule has 6 heteroatoms. The molecule has 1 aromatic carbocycles. The molecule has 1 atom stereocenters. The van der Waals surface area contributed by atoms with Crippen LogP contribution in [0.25, 0.3) is 0 Å². The van der Waals surface area contributed by atoms with Gasteiger partial charge in [-0.3, -0.25) is 4.79 Å². The first kappa shape index (κ1) is 14.9. The molecule has 1 unspecified atom stereocenters. The lowest BCUT2D eigenvalue weighted by molar-refractivity contribution is -0.127. The van der Waals surface area contributed by atoms with Gasteiger partial charge in [-0.2, -0.15) is 0 Å². The molecule has 1 heterocycles. The van der Waals surface area contributed by atoms with Crippen LogP contribution in [0.1, 0.15) is 12.7 Å². The Morgan fingerprint density at radius 3 is 2.95 bits per heavy atom. The van der Waals surface area contributed by atoms with Crippen LogP contribution in [0.4, 0.5) is 0 Å². The minimum absolute atomic E-state index is 0.236. The third-order valence-electron chi connectivity index (χ3n) is 2.58. The maximum atomic E-state index is 11.9. The van der Waals surface area contributed by atoms with Gasteiger partial charge in [0.2, 0.25) is 0 Å². The summed E-state index contributed by atoms with van der Waals surface area (Å²) < 4.78 is 11.5. The number of hydrogen-bond donors (Lipinski definition) is 1. The molecule has 2 aromatic rings. The van der Waals surface area contributed by atoms with Crippen LogP contribution in [0.15, 0.2) is 45.5 Å². The highest BCUT2D eigenvalue weighted by Crippen LogP contribution is 2.28. The van der Waals surface area contributed by atoms with Crippen LogP contribution < -0.4 is 10.1 Å². The zero-order valence-corrected chi connectivity index (χ0v) is 13.1. The Morgan fingerprint density at radius 1 is 1.50 bits per heavy atom. The summed E-state index contributed by atoms with van der Waals surface area (Å²) in [6.07, 6.45) is 0.909. The topological polar surface area (TPSA) is 51.5 Å². The Hall–Kier alpha value is -1.46. The Kier molecular flexibility index (Phi) is 5.09. The van der Waals surface area contributed by atoms with E-state index in [4.69, 9.17) is 20.8 Å². The zero-order valence-electron chi connectivity index (χ0n) is 10.7. The van der Waals surface area contributed by atoms with Gasteiger partial charge in [0.1, 0.15) is 11.5 Å². The molecule has 20 heavy (non-hydrogen) atoms. The predicted molar refractivity (Wildman–Crippen MR) is 79.8 cm³/mol. The fraction of sp³-hybridized carbons (Fsp3) is 0.214. The van der Waals surface area contributed by atoms with E-state index < -0.39 is 6.10 Å². The fourth-order valence-electron chi connectivity index (χ4n) is 1.55. The number of carbonyl (C=O) groups is 1. The molecule has 0 saturated carbocycles. The predicted octanol–water partition coefficient (Wildman–Crippen LogP) is 3.78. The van der Waals surface area contributed by atoms with Crippen LogP contribution >= 0.6 is 27.5 Å². The first-order valence-corrected chi connectivity index (χ1v) is 7.15. The number of furan rings is 1. The average Bonchev–Trinajstić information content (AvgIpc) is 2.92. The lowest BCUT2D eigenvalue weighted by Crippen LogP contribution is -2.35. The van der Waals surface area contributed by atoms with Crippen molar-refractivity contribution < 1.29 is 13.9 Å². The second kappa shape index (κ2) is 6.81. The van der Waals surface area contributed by atoms with Crippen LogP contribution in [0.5, 0.6) is 5.75 Å². The Balaban J connectivity index is 1.90. The number of benzene rings is 1. The molecule has 4 nitrogen and oxygen atoms in total. The summed E-state index contributed by atoms with van der Waals surface area (Å²) in [6.45, 7) is 1.99. The summed E-state index contributed by atoms with van der Waals surface area (Å²) in [5, 5.41) is 3.18. The van der Waals surface area contributed by atoms with Crippen molar-refractivity contribution in [3.05, 3.63) is 51.9 Å². The van der Waals surface area contributed by atoms with Gasteiger partial charge in [-0.25, -0.2) is 0 Å². The van der Waals surface area contributed by atoms with Crippen molar-refractivity contribution >= 4 is 33.4 Å². The minimum atomic E-state index is -0.649. The number of hydrogen-bond acceptors (Lipinski definition) is 3. The summed E-state index contributed by atoms with van der Waals surface area (Å²) in [5.74, 6) is 0.920. The molecule has 106 valence electrons. The summed E-state index contributed by atoms with van der Waals surface area (Å²) in [6, 6.07) is 8.78. The third kappa shape index (κ3) is 4.02. The summed E-state index contributed by atoms with van der Waals surface area (Å²) in [7, 11) is 0. The molecule has 0 saturated heterocycles. The number of carbonyl (C=O) groups excluding carboxylic acids is 1. The molecule has 1 amide bonds. The average molecular weight is 359 g/mol. The lowest BCUT2D eigenvalue weighted by Gasteiger charge is -2.15. The van der Waals surface area contributed by atoms with E-state index in [0.29, 0.717) is 23.1 Å². The van der Waals surface area contributed by atoms with Gasteiger partial charge in [0.05, 0.1) is 17.8 Å². The summed E-state index contributed by atoms with van der Waals surface area (Å²) in [4.78, 5) is 11.9. The maximum Gasteiger partial charge on any atom is 0.261 e. The van der Waals surface area contributed by atoms with Gasteiger partial charge in [-0.1, -0.05) is 27.5 Å². The molecular formula is C14H13BrClNO3. The van der Waals surface area contributed by atoms with Crippen molar-refractivity contribution in [3.8, 4) is 5.75 Å². The largest absolute Gasteiger partial charge is 0.479 e. The Labute approximate surface area is 130 Å². The second-order valence-corrected chi connectivity index (χ2v) is 5.45. The maximum absolute atomic E-state index is 11.9. The number of halogens is 2. The lowest BCUT2D eigenvalue weighted by atomic mass is 10.3. The van der Waals surface area contributed by atoms with Crippen molar-refractivity contribution in [2.45, 2.75) is 19.6 Å². The molecule has 1 N–H and O–H groups in total. The molecule has 2 rings (SSSR count). The van der Waals surface area contributed by atoms with Crippen LogP contribution in [0.3, 0.4) is 0 Å². The highest BCUT2D eigenvalue weighted by atomic mass is 79.9. The Bertz CT molecular complexity index is 586. The third-order valence-corrected chi connectivity index (χ3v) is 3.37. The van der Waals surface area contributed by atoms with Gasteiger partial charge < -0.3 is 14.5 Å². The number of ether oxygens (including phenoxy) is 1. The van der Waals surface area contributed by atoms with Crippen molar-refractivity contribution in [3.63, 3.8) is 0 Å². The zero-order chi connectivity index (χ0) is 14.5. The molecule has 0 aliphatic carbocycles. The van der Waals surface area contributed by atoms with E-state index in [1.165, 1.54) is 0 Å². The van der Waals surface area contributed by atoms with E-state index in [2.05, 4.69) is 21.2 Å². The minimum Gasteiger partial charge on any atom is -0.479 e. The molecule has 0 spiro atoms. The normalized spacial score (nSPS) is 11.9. The van der Waals surface area contributed by atoms with Crippen LogP contribution in [-0.2, 0) is 11.3 Å². The van der Waals surface area contributed by atoms with Crippen molar-refractivity contribution in [2.24, 2.45) is 0 Å². The van der Waals surface area contributed by atoms with Gasteiger partial charge in [0, 0.05) is 4.47 Å². The van der Waals surface area contributed by atoms with Gasteiger partial charge >= 0.3 is 0 Å². The quantitative estimate of drug-likeness (QED) is 0.885. The molecule has 0 radical (unpaired) electrons. The first-order chi connectivity index (χ1) is 9.56. The smallest absolute Gasteiger partial charge is 0.261 e. The number of nitrogens with one attached hydrogen (secondary N) is 1. The monoisotopic (exact) mass is 357 g/mol. The number of rotatable bonds is 5. The molecule has 0 bridgehead atoms. The van der Waals surface area contributed by atoms with Crippen molar-refractivity contribution in [1.29, 1.82) is 0 Å². The highest BCUT2D eigenvalue weighted by molar-refractivity contribution is 9.10. The molecule has 0 aliphatic heterocycles. The fourth-order valence-corrected chi connectivity index (χ4v) is 2.26. The van der Waals surface area contributed by atoms with E-state index in [1.807, 2.05) is 0 Å². The molecule has 1 aromatic heterocycles. The van der Waals surface area contributed by atoms with Crippen molar-refractivity contribution in [1.82, 2.24) is 5.32 Å². The van der Waals surface area contributed by atoms with Crippen molar-refractivity contribution in [2.75, 3.05) is 0 Å². The summed E-state index contributed by atoms with van der Waals surface area (Å²) in [5.41, 5.74) is 0. The van der Waals surface area contributed by atoms with E-state index in [-0.39, 0.29) is 5.91 Å². The highest BCUT2D eigenvalue weighted by Gasteiger charge is 2.16. The van der Waals surface area contributed by atoms with Crippen LogP contribution in [-0.4, -0.2) is 12.0 Å². The summed E-state index contributed by atoms with van der Waals surface area (Å²) >= 11 is 9.34. The first-order valence-electron chi connectivity index (χ1n) is 5.98. The standard InChI is InChI=1S/C14H13BrClNO3/c1-9(14(18)17-8-11-3-2-6-19-11)20-13-5-4-10(15)7-12(13)16/h2-7,9H,8H2,1H3,(H,17,18). The van der Waals surface area contributed by atoms with E-state index in [9.17, 15) is 4.79 Å². The van der Waals surface area contributed by atoms with Gasteiger partial charge in [0.15, 0.2) is 6.10 Å². The van der Waals surface area contributed by atoms with Gasteiger partial charge in [-0.05, 0) is 37.3 Å². The van der Waals surface area contributed by atoms with Gasteiger partial charge in [-0.15, -0.1) is 0 Å². The second-order valence-electron chi connectivity index (χ2n) is 4.13. The number of amides is 1. The molecule has 0 fully saturated rings. The van der Waals surface area contributed by atoms with Crippen LogP contribution in [0.2, 0.25) is 5.02 Å². The molecule has 0 aliphatic rings. The van der Waals surface area contributed by atoms with Gasteiger partial charge in [0.25, 0.3) is 5.91 Å². The SMILES string of the molecule is CC(Oc1ccc(Br)cc1Cl)C(=O)NCc1ccco1. The van der Waals surface area contributed by atoms with Crippen LogP contribution in [0, 0.1) is 0 Å².